The van der Waals surface area contributed by atoms with E-state index in [0.29, 0.717) is 30.4 Å². The number of nitro benzene ring substituents is 1. The summed E-state index contributed by atoms with van der Waals surface area (Å²) in [6.45, 7) is 0.331. The summed E-state index contributed by atoms with van der Waals surface area (Å²) >= 11 is 0. The summed E-state index contributed by atoms with van der Waals surface area (Å²) in [5, 5.41) is 16.3. The molecule has 0 aliphatic carbocycles. The molecule has 3 rings (SSSR count). The third-order valence-corrected chi connectivity index (χ3v) is 3.86. The molecule has 0 fully saturated rings. The molecule has 2 N–H and O–H groups in total. The standard InChI is InChI=1S/C18H17N3O7/c1-19-13-4-2-11(8-14(13)21(24)25)18(23)28-10-17(22)20-12-3-5-15-16(9-12)27-7-6-26-15/h2-5,8-9,19H,6-7,10H2,1H3,(H,20,22). The van der Waals surface area contributed by atoms with Gasteiger partial charge in [0, 0.05) is 24.9 Å². The Morgan fingerprint density at radius 3 is 2.61 bits per heavy atom. The zero-order valence-electron chi connectivity index (χ0n) is 14.9. The van der Waals surface area contributed by atoms with Crippen molar-refractivity contribution in [3.8, 4) is 11.5 Å². The van der Waals surface area contributed by atoms with Crippen molar-refractivity contribution in [3.63, 3.8) is 0 Å². The molecule has 0 atom stereocenters. The van der Waals surface area contributed by atoms with E-state index in [2.05, 4.69) is 10.6 Å². The number of nitro groups is 1. The van der Waals surface area contributed by atoms with Gasteiger partial charge in [0.15, 0.2) is 18.1 Å². The highest BCUT2D eigenvalue weighted by Gasteiger charge is 2.19. The molecule has 0 radical (unpaired) electrons. The minimum absolute atomic E-state index is 0.0298. The second kappa shape index (κ2) is 8.25. The molecule has 10 heteroatoms. The number of anilines is 2. The molecule has 0 saturated carbocycles. The van der Waals surface area contributed by atoms with Crippen LogP contribution in [0.15, 0.2) is 36.4 Å². The van der Waals surface area contributed by atoms with Crippen LogP contribution in [0.25, 0.3) is 0 Å². The number of hydrogen-bond acceptors (Lipinski definition) is 8. The first-order chi connectivity index (χ1) is 13.5. The van der Waals surface area contributed by atoms with Gasteiger partial charge in [0.2, 0.25) is 0 Å². The van der Waals surface area contributed by atoms with Gasteiger partial charge in [-0.15, -0.1) is 0 Å². The van der Waals surface area contributed by atoms with E-state index in [-0.39, 0.29) is 16.9 Å². The van der Waals surface area contributed by atoms with Crippen molar-refractivity contribution in [2.75, 3.05) is 37.5 Å². The molecule has 1 amide bonds. The lowest BCUT2D eigenvalue weighted by Crippen LogP contribution is -2.21. The van der Waals surface area contributed by atoms with Crippen LogP contribution in [0.3, 0.4) is 0 Å². The summed E-state index contributed by atoms with van der Waals surface area (Å²) in [5.74, 6) is -0.310. The molecule has 28 heavy (non-hydrogen) atoms. The van der Waals surface area contributed by atoms with Crippen LogP contribution in [0.5, 0.6) is 11.5 Å². The molecule has 2 aromatic rings. The van der Waals surface area contributed by atoms with E-state index in [9.17, 15) is 19.7 Å². The van der Waals surface area contributed by atoms with Crippen molar-refractivity contribution >= 4 is 28.9 Å². The second-order valence-corrected chi connectivity index (χ2v) is 5.72. The Labute approximate surface area is 159 Å². The van der Waals surface area contributed by atoms with E-state index in [1.807, 2.05) is 0 Å². The lowest BCUT2D eigenvalue weighted by molar-refractivity contribution is -0.384. The van der Waals surface area contributed by atoms with E-state index in [0.717, 1.165) is 6.07 Å². The SMILES string of the molecule is CNc1ccc(C(=O)OCC(=O)Nc2ccc3c(c2)OCCO3)cc1[N+](=O)[O-]. The van der Waals surface area contributed by atoms with Crippen molar-refractivity contribution in [3.05, 3.63) is 52.1 Å². The first-order valence-corrected chi connectivity index (χ1v) is 8.31. The van der Waals surface area contributed by atoms with E-state index in [1.54, 1.807) is 18.2 Å². The lowest BCUT2D eigenvalue weighted by atomic mass is 10.1. The van der Waals surface area contributed by atoms with Gasteiger partial charge in [0.25, 0.3) is 11.6 Å². The molecular formula is C18H17N3O7. The number of nitrogens with one attached hydrogen (secondary N) is 2. The van der Waals surface area contributed by atoms with Gasteiger partial charge < -0.3 is 24.8 Å². The quantitative estimate of drug-likeness (QED) is 0.438. The second-order valence-electron chi connectivity index (χ2n) is 5.72. The fourth-order valence-electron chi connectivity index (χ4n) is 2.55. The highest BCUT2D eigenvalue weighted by molar-refractivity contribution is 5.96. The van der Waals surface area contributed by atoms with Gasteiger partial charge in [-0.1, -0.05) is 0 Å². The summed E-state index contributed by atoms with van der Waals surface area (Å²) in [4.78, 5) is 34.5. The lowest BCUT2D eigenvalue weighted by Gasteiger charge is -2.19. The Morgan fingerprint density at radius 1 is 1.14 bits per heavy atom. The van der Waals surface area contributed by atoms with Crippen LogP contribution < -0.4 is 20.1 Å². The maximum absolute atomic E-state index is 12.1. The largest absolute Gasteiger partial charge is 0.486 e. The number of amides is 1. The number of carbonyl (C=O) groups is 2. The first-order valence-electron chi connectivity index (χ1n) is 8.31. The molecule has 1 aliphatic rings. The zero-order valence-corrected chi connectivity index (χ0v) is 14.9. The number of fused-ring (bicyclic) bond motifs is 1. The molecule has 1 aliphatic heterocycles. The van der Waals surface area contributed by atoms with E-state index in [1.165, 1.54) is 19.2 Å². The molecule has 0 aromatic heterocycles. The Balaban J connectivity index is 1.59. The molecule has 0 saturated heterocycles. The first kappa shape index (κ1) is 19.0. The molecule has 10 nitrogen and oxygen atoms in total. The summed E-state index contributed by atoms with van der Waals surface area (Å²) in [6, 6.07) is 8.76. The van der Waals surface area contributed by atoms with Gasteiger partial charge in [-0.2, -0.15) is 0 Å². The third-order valence-electron chi connectivity index (χ3n) is 3.86. The van der Waals surface area contributed by atoms with Crippen LogP contribution in [0, 0.1) is 10.1 Å². The van der Waals surface area contributed by atoms with Crippen LogP contribution >= 0.6 is 0 Å². The van der Waals surface area contributed by atoms with Gasteiger partial charge in [-0.05, 0) is 24.3 Å². The monoisotopic (exact) mass is 387 g/mol. The number of carbonyl (C=O) groups excluding carboxylic acids is 2. The van der Waals surface area contributed by atoms with E-state index < -0.39 is 23.4 Å². The van der Waals surface area contributed by atoms with Gasteiger partial charge in [0.1, 0.15) is 18.9 Å². The summed E-state index contributed by atoms with van der Waals surface area (Å²) < 4.78 is 15.8. The normalized spacial score (nSPS) is 12.0. The van der Waals surface area contributed by atoms with Gasteiger partial charge in [0.05, 0.1) is 10.5 Å². The molecule has 0 bridgehead atoms. The Kier molecular flexibility index (Phi) is 5.58. The Morgan fingerprint density at radius 2 is 1.89 bits per heavy atom. The van der Waals surface area contributed by atoms with Crippen molar-refractivity contribution in [1.82, 2.24) is 0 Å². The number of esters is 1. The Bertz CT molecular complexity index is 929. The van der Waals surface area contributed by atoms with Crippen molar-refractivity contribution < 1.29 is 28.7 Å². The molecule has 146 valence electrons. The van der Waals surface area contributed by atoms with Crippen LogP contribution in [0.2, 0.25) is 0 Å². The van der Waals surface area contributed by atoms with E-state index in [4.69, 9.17) is 14.2 Å². The van der Waals surface area contributed by atoms with E-state index >= 15 is 0 Å². The van der Waals surface area contributed by atoms with Crippen molar-refractivity contribution in [2.45, 2.75) is 0 Å². The molecule has 0 unspecified atom stereocenters. The zero-order chi connectivity index (χ0) is 20.1. The summed E-state index contributed by atoms with van der Waals surface area (Å²) in [5.41, 5.74) is 0.424. The van der Waals surface area contributed by atoms with Gasteiger partial charge in [-0.3, -0.25) is 14.9 Å². The number of nitrogens with zero attached hydrogens (tertiary/aromatic N) is 1. The number of ether oxygens (including phenoxy) is 3. The maximum Gasteiger partial charge on any atom is 0.338 e. The predicted molar refractivity (Wildman–Crippen MR) is 99.0 cm³/mol. The van der Waals surface area contributed by atoms with Crippen LogP contribution in [0.1, 0.15) is 10.4 Å². The highest BCUT2D eigenvalue weighted by Crippen LogP contribution is 2.32. The summed E-state index contributed by atoms with van der Waals surface area (Å²) in [6.07, 6.45) is 0. The van der Waals surface area contributed by atoms with Crippen LogP contribution in [-0.4, -0.2) is 43.7 Å². The minimum Gasteiger partial charge on any atom is -0.486 e. The topological polar surface area (TPSA) is 129 Å². The van der Waals surface area contributed by atoms with Gasteiger partial charge in [-0.25, -0.2) is 4.79 Å². The molecule has 0 spiro atoms. The average molecular weight is 387 g/mol. The van der Waals surface area contributed by atoms with Crippen molar-refractivity contribution in [2.24, 2.45) is 0 Å². The predicted octanol–water partition coefficient (Wildman–Crippen LogP) is 2.20. The Hall–Kier alpha value is -3.82. The van der Waals surface area contributed by atoms with Crippen LogP contribution in [-0.2, 0) is 9.53 Å². The fourth-order valence-corrected chi connectivity index (χ4v) is 2.55. The number of hydrogen-bond donors (Lipinski definition) is 2. The van der Waals surface area contributed by atoms with Crippen LogP contribution in [0.4, 0.5) is 17.1 Å². The summed E-state index contributed by atoms with van der Waals surface area (Å²) in [7, 11) is 1.53. The highest BCUT2D eigenvalue weighted by atomic mass is 16.6. The smallest absolute Gasteiger partial charge is 0.338 e. The van der Waals surface area contributed by atoms with Gasteiger partial charge >= 0.3 is 5.97 Å². The number of rotatable bonds is 6. The average Bonchev–Trinajstić information content (AvgIpc) is 2.71. The number of benzene rings is 2. The third kappa shape index (κ3) is 4.29. The fraction of sp³-hybridized carbons (Fsp3) is 0.222. The maximum atomic E-state index is 12.1. The minimum atomic E-state index is -0.844. The van der Waals surface area contributed by atoms with Crippen molar-refractivity contribution in [1.29, 1.82) is 0 Å². The molecule has 2 aromatic carbocycles. The molecule has 1 heterocycles. The molecular weight excluding hydrogens is 370 g/mol.